The van der Waals surface area contributed by atoms with Gasteiger partial charge in [0, 0.05) is 0 Å². The van der Waals surface area contributed by atoms with Crippen LogP contribution in [0, 0.1) is 0 Å². The first-order valence-electron chi connectivity index (χ1n) is 4.81. The SMILES string of the molecule is C1CCSC1.CC(C)(C)OC(=O)CBr. The number of thioether (sulfide) groups is 1. The van der Waals surface area contributed by atoms with E-state index in [-0.39, 0.29) is 16.9 Å². The molecule has 0 spiro atoms. The van der Waals surface area contributed by atoms with Crippen LogP contribution >= 0.6 is 27.7 Å². The molecule has 1 aliphatic rings. The molecule has 0 atom stereocenters. The first-order chi connectivity index (χ1) is 6.45. The zero-order chi connectivity index (χ0) is 11.0. The van der Waals surface area contributed by atoms with E-state index in [9.17, 15) is 4.79 Å². The van der Waals surface area contributed by atoms with Crippen LogP contribution in [0.5, 0.6) is 0 Å². The molecule has 1 fully saturated rings. The maximum Gasteiger partial charge on any atom is 0.317 e. The van der Waals surface area contributed by atoms with Crippen molar-refractivity contribution in [3.63, 3.8) is 0 Å². The maximum atomic E-state index is 10.6. The number of carbonyl (C=O) groups excluding carboxylic acids is 1. The van der Waals surface area contributed by atoms with Crippen LogP contribution in [0.15, 0.2) is 0 Å². The van der Waals surface area contributed by atoms with E-state index in [0.717, 1.165) is 0 Å². The highest BCUT2D eigenvalue weighted by atomic mass is 79.9. The summed E-state index contributed by atoms with van der Waals surface area (Å²) in [5, 5.41) is 0.268. The Hall–Kier alpha value is 0.300. The lowest BCUT2D eigenvalue weighted by molar-refractivity contribution is -0.151. The molecule has 2 nitrogen and oxygen atoms in total. The third kappa shape index (κ3) is 10.4. The molecule has 0 N–H and O–H groups in total. The predicted molar refractivity (Wildman–Crippen MR) is 66.2 cm³/mol. The summed E-state index contributed by atoms with van der Waals surface area (Å²) >= 11 is 5.07. The number of alkyl halides is 1. The highest BCUT2D eigenvalue weighted by Crippen LogP contribution is 2.14. The van der Waals surface area contributed by atoms with Gasteiger partial charge >= 0.3 is 5.97 Å². The molecule has 0 bridgehead atoms. The van der Waals surface area contributed by atoms with Crippen LogP contribution in [-0.2, 0) is 9.53 Å². The summed E-state index contributed by atoms with van der Waals surface area (Å²) in [4.78, 5) is 10.6. The van der Waals surface area contributed by atoms with Crippen molar-refractivity contribution in [3.8, 4) is 0 Å². The van der Waals surface area contributed by atoms with E-state index in [0.29, 0.717) is 0 Å². The van der Waals surface area contributed by atoms with Crippen molar-refractivity contribution >= 4 is 33.7 Å². The minimum absolute atomic E-state index is 0.220. The van der Waals surface area contributed by atoms with Gasteiger partial charge in [0.15, 0.2) is 0 Å². The quantitative estimate of drug-likeness (QED) is 0.546. The average molecular weight is 283 g/mol. The standard InChI is InChI=1S/C6H11BrO2.C4H8S/c1-6(2,3)9-5(8)4-7;1-2-4-5-3-1/h4H2,1-3H3;1-4H2. The smallest absolute Gasteiger partial charge is 0.317 e. The second-order valence-corrected chi connectivity index (χ2v) is 5.83. The van der Waals surface area contributed by atoms with Crippen LogP contribution in [0.1, 0.15) is 33.6 Å². The zero-order valence-corrected chi connectivity index (χ0v) is 11.5. The van der Waals surface area contributed by atoms with Crippen LogP contribution in [0.25, 0.3) is 0 Å². The Balaban J connectivity index is 0.000000280. The second-order valence-electron chi connectivity index (χ2n) is 4.04. The first kappa shape index (κ1) is 14.3. The number of halogens is 1. The predicted octanol–water partition coefficient (Wildman–Crippen LogP) is 3.24. The van der Waals surface area contributed by atoms with Crippen molar-refractivity contribution in [2.24, 2.45) is 0 Å². The number of hydrogen-bond acceptors (Lipinski definition) is 3. The third-order valence-electron chi connectivity index (χ3n) is 1.36. The van der Waals surface area contributed by atoms with Gasteiger partial charge in [0.05, 0.1) is 0 Å². The monoisotopic (exact) mass is 282 g/mol. The van der Waals surface area contributed by atoms with Crippen molar-refractivity contribution in [2.75, 3.05) is 16.8 Å². The number of ether oxygens (including phenoxy) is 1. The molecule has 0 aromatic carbocycles. The molecule has 14 heavy (non-hydrogen) atoms. The summed E-state index contributed by atoms with van der Waals surface area (Å²) in [6, 6.07) is 0. The van der Waals surface area contributed by atoms with Gasteiger partial charge < -0.3 is 4.74 Å². The van der Waals surface area contributed by atoms with Crippen molar-refractivity contribution in [2.45, 2.75) is 39.2 Å². The molecule has 0 radical (unpaired) electrons. The van der Waals surface area contributed by atoms with Gasteiger partial charge in [-0.05, 0) is 45.1 Å². The second kappa shape index (κ2) is 7.57. The van der Waals surface area contributed by atoms with Crippen molar-refractivity contribution in [3.05, 3.63) is 0 Å². The largest absolute Gasteiger partial charge is 0.459 e. The summed E-state index contributed by atoms with van der Waals surface area (Å²) in [7, 11) is 0. The number of esters is 1. The molecule has 4 heteroatoms. The van der Waals surface area contributed by atoms with Gasteiger partial charge in [0.25, 0.3) is 0 Å². The summed E-state index contributed by atoms with van der Waals surface area (Å²) in [6.45, 7) is 5.52. The molecule has 0 unspecified atom stereocenters. The fourth-order valence-electron chi connectivity index (χ4n) is 0.879. The van der Waals surface area contributed by atoms with Crippen LogP contribution < -0.4 is 0 Å². The van der Waals surface area contributed by atoms with Crippen LogP contribution in [0.4, 0.5) is 0 Å². The summed E-state index contributed by atoms with van der Waals surface area (Å²) in [5.74, 6) is 2.61. The summed E-state index contributed by atoms with van der Waals surface area (Å²) < 4.78 is 4.90. The lowest BCUT2D eigenvalue weighted by Gasteiger charge is -2.18. The molecule has 0 aromatic rings. The van der Waals surface area contributed by atoms with Crippen molar-refractivity contribution in [1.29, 1.82) is 0 Å². The highest BCUT2D eigenvalue weighted by molar-refractivity contribution is 9.09. The maximum absolute atomic E-state index is 10.6. The van der Waals surface area contributed by atoms with Gasteiger partial charge in [0.2, 0.25) is 0 Å². The number of rotatable bonds is 1. The highest BCUT2D eigenvalue weighted by Gasteiger charge is 2.14. The van der Waals surface area contributed by atoms with Gasteiger partial charge in [-0.15, -0.1) is 0 Å². The molecule has 0 amide bonds. The lowest BCUT2D eigenvalue weighted by Crippen LogP contribution is -2.24. The Kier molecular flexibility index (Phi) is 7.74. The normalized spacial score (nSPS) is 15.7. The van der Waals surface area contributed by atoms with Gasteiger partial charge in [-0.1, -0.05) is 15.9 Å². The molecule has 84 valence electrons. The Bertz CT molecular complexity index is 154. The molecule has 0 aliphatic carbocycles. The Labute approximate surface area is 99.3 Å². The van der Waals surface area contributed by atoms with Crippen molar-refractivity contribution < 1.29 is 9.53 Å². The third-order valence-corrected chi connectivity index (χ3v) is 2.97. The molecular weight excluding hydrogens is 264 g/mol. The lowest BCUT2D eigenvalue weighted by atomic mass is 10.2. The van der Waals surface area contributed by atoms with E-state index in [1.165, 1.54) is 24.3 Å². The molecule has 1 heterocycles. The van der Waals surface area contributed by atoms with Gasteiger partial charge in [-0.25, -0.2) is 0 Å². The van der Waals surface area contributed by atoms with E-state index in [1.807, 2.05) is 20.8 Å². The van der Waals surface area contributed by atoms with Crippen LogP contribution in [0.3, 0.4) is 0 Å². The number of hydrogen-bond donors (Lipinski definition) is 0. The number of carbonyl (C=O) groups is 1. The van der Waals surface area contributed by atoms with Gasteiger partial charge in [-0.3, -0.25) is 4.79 Å². The summed E-state index contributed by atoms with van der Waals surface area (Å²) in [6.07, 6.45) is 2.93. The first-order valence-corrected chi connectivity index (χ1v) is 7.09. The Morgan fingerprint density at radius 1 is 1.36 bits per heavy atom. The van der Waals surface area contributed by atoms with Crippen LogP contribution in [0.2, 0.25) is 0 Å². The summed E-state index contributed by atoms with van der Waals surface area (Å²) in [5.41, 5.74) is -0.356. The zero-order valence-electron chi connectivity index (χ0n) is 9.14. The Morgan fingerprint density at radius 2 is 1.86 bits per heavy atom. The molecule has 1 saturated heterocycles. The van der Waals surface area contributed by atoms with E-state index >= 15 is 0 Å². The van der Waals surface area contributed by atoms with E-state index < -0.39 is 0 Å². The van der Waals surface area contributed by atoms with Gasteiger partial charge in [-0.2, -0.15) is 11.8 Å². The fraction of sp³-hybridized carbons (Fsp3) is 0.900. The van der Waals surface area contributed by atoms with E-state index in [4.69, 9.17) is 4.74 Å². The minimum Gasteiger partial charge on any atom is -0.459 e. The van der Waals surface area contributed by atoms with E-state index in [2.05, 4.69) is 27.7 Å². The molecule has 0 aromatic heterocycles. The topological polar surface area (TPSA) is 26.3 Å². The van der Waals surface area contributed by atoms with Crippen LogP contribution in [-0.4, -0.2) is 28.4 Å². The molecule has 0 saturated carbocycles. The Morgan fingerprint density at radius 3 is 2.00 bits per heavy atom. The fourth-order valence-corrected chi connectivity index (χ4v) is 2.01. The minimum atomic E-state index is -0.356. The van der Waals surface area contributed by atoms with Crippen molar-refractivity contribution in [1.82, 2.24) is 0 Å². The van der Waals surface area contributed by atoms with Gasteiger partial charge in [0.1, 0.15) is 10.9 Å². The average Bonchev–Trinajstić information content (AvgIpc) is 2.57. The molecular formula is C10H19BrO2S. The van der Waals surface area contributed by atoms with E-state index in [1.54, 1.807) is 0 Å². The molecule has 1 rings (SSSR count). The molecule has 1 aliphatic heterocycles.